The summed E-state index contributed by atoms with van der Waals surface area (Å²) in [7, 11) is 1.77. The minimum absolute atomic E-state index is 0.781. The summed E-state index contributed by atoms with van der Waals surface area (Å²) in [6.45, 7) is 2.11. The van der Waals surface area contributed by atoms with E-state index in [9.17, 15) is 0 Å². The average Bonchev–Trinajstić information content (AvgIpc) is 3.15. The summed E-state index contributed by atoms with van der Waals surface area (Å²) in [5.74, 6) is 0.781. The Morgan fingerprint density at radius 1 is 1.20 bits per heavy atom. The fraction of sp³-hybridized carbons (Fsp3) is 0.200. The smallest absolute Gasteiger partial charge is 0.149 e. The van der Waals surface area contributed by atoms with Gasteiger partial charge in [0.15, 0.2) is 0 Å². The van der Waals surface area contributed by atoms with E-state index in [0.717, 1.165) is 29.1 Å². The van der Waals surface area contributed by atoms with Crippen molar-refractivity contribution in [1.29, 1.82) is 0 Å². The molecule has 0 aliphatic heterocycles. The maximum atomic E-state index is 4.49. The Morgan fingerprint density at radius 2 is 1.90 bits per heavy atom. The van der Waals surface area contributed by atoms with Crippen LogP contribution in [0.15, 0.2) is 55.9 Å². The van der Waals surface area contributed by atoms with E-state index in [1.165, 1.54) is 0 Å². The van der Waals surface area contributed by atoms with Crippen molar-refractivity contribution in [2.24, 2.45) is 10.1 Å². The average molecular weight is 303 g/mol. The second kappa shape index (κ2) is 7.77. The first kappa shape index (κ1) is 14.7. The first-order valence-electron chi connectivity index (χ1n) is 6.37. The van der Waals surface area contributed by atoms with Crippen LogP contribution in [-0.4, -0.2) is 18.6 Å². The largest absolute Gasteiger partial charge is 0.270 e. The normalized spacial score (nSPS) is 13.1. The number of thiophene rings is 2. The van der Waals surface area contributed by atoms with Crippen LogP contribution >= 0.6 is 22.7 Å². The number of aliphatic imine (C=N–C) groups is 1. The molecule has 0 saturated heterocycles. The molecule has 1 N–H and O–H groups in total. The molecule has 2 heterocycles. The van der Waals surface area contributed by atoms with E-state index in [1.54, 1.807) is 29.7 Å². The zero-order chi connectivity index (χ0) is 14.2. The van der Waals surface area contributed by atoms with E-state index in [4.69, 9.17) is 0 Å². The minimum atomic E-state index is 0.781. The molecule has 0 fully saturated rings. The monoisotopic (exact) mass is 303 g/mol. The van der Waals surface area contributed by atoms with Crippen LogP contribution in [0.5, 0.6) is 0 Å². The number of nitrogens with zero attached hydrogens (tertiary/aromatic N) is 2. The van der Waals surface area contributed by atoms with E-state index in [2.05, 4.69) is 50.7 Å². The van der Waals surface area contributed by atoms with Crippen LogP contribution in [0.3, 0.4) is 0 Å². The van der Waals surface area contributed by atoms with Gasteiger partial charge in [-0.25, -0.2) is 0 Å². The van der Waals surface area contributed by atoms with Gasteiger partial charge in [-0.2, -0.15) is 27.8 Å². The lowest BCUT2D eigenvalue weighted by molar-refractivity contribution is 1.02. The van der Waals surface area contributed by atoms with Gasteiger partial charge in [-0.15, -0.1) is 0 Å². The number of allylic oxidation sites excluding steroid dienone is 2. The SMILES string of the molecule is CC/C=C/C(=N/NC(=NC)c1ccsc1)c1ccsc1. The summed E-state index contributed by atoms with van der Waals surface area (Å²) in [6.07, 6.45) is 5.13. The molecular weight excluding hydrogens is 286 g/mol. The van der Waals surface area contributed by atoms with E-state index in [1.807, 2.05) is 17.5 Å². The van der Waals surface area contributed by atoms with Crippen molar-refractivity contribution >= 4 is 34.2 Å². The van der Waals surface area contributed by atoms with Gasteiger partial charge < -0.3 is 0 Å². The fourth-order valence-electron chi connectivity index (χ4n) is 1.59. The molecule has 3 nitrogen and oxygen atoms in total. The van der Waals surface area contributed by atoms with Crippen molar-refractivity contribution in [3.8, 4) is 0 Å². The molecule has 0 spiro atoms. The van der Waals surface area contributed by atoms with E-state index >= 15 is 0 Å². The van der Waals surface area contributed by atoms with Crippen LogP contribution in [0.25, 0.3) is 0 Å². The Balaban J connectivity index is 2.19. The lowest BCUT2D eigenvalue weighted by atomic mass is 10.2. The molecule has 0 bridgehead atoms. The Morgan fingerprint density at radius 3 is 2.45 bits per heavy atom. The summed E-state index contributed by atoms with van der Waals surface area (Å²) in [6, 6.07) is 4.10. The molecule has 104 valence electrons. The highest BCUT2D eigenvalue weighted by Gasteiger charge is 2.04. The maximum absolute atomic E-state index is 4.49. The minimum Gasteiger partial charge on any atom is -0.270 e. The molecule has 2 aromatic rings. The van der Waals surface area contributed by atoms with Gasteiger partial charge in [0.25, 0.3) is 0 Å². The van der Waals surface area contributed by atoms with Gasteiger partial charge in [-0.3, -0.25) is 10.4 Å². The highest BCUT2D eigenvalue weighted by atomic mass is 32.1. The first-order valence-corrected chi connectivity index (χ1v) is 8.26. The lowest BCUT2D eigenvalue weighted by Crippen LogP contribution is -2.20. The third-order valence-corrected chi connectivity index (χ3v) is 4.00. The summed E-state index contributed by atoms with van der Waals surface area (Å²) < 4.78 is 0. The Hall–Kier alpha value is -1.72. The van der Waals surface area contributed by atoms with Crippen molar-refractivity contribution in [2.45, 2.75) is 13.3 Å². The topological polar surface area (TPSA) is 36.8 Å². The molecule has 20 heavy (non-hydrogen) atoms. The highest BCUT2D eigenvalue weighted by molar-refractivity contribution is 7.08. The van der Waals surface area contributed by atoms with E-state index in [-0.39, 0.29) is 0 Å². The number of nitrogens with one attached hydrogen (secondary N) is 1. The molecule has 2 aromatic heterocycles. The van der Waals surface area contributed by atoms with Crippen molar-refractivity contribution in [3.63, 3.8) is 0 Å². The molecule has 0 amide bonds. The van der Waals surface area contributed by atoms with Gasteiger partial charge in [0.05, 0.1) is 5.71 Å². The van der Waals surface area contributed by atoms with Gasteiger partial charge in [-0.1, -0.05) is 13.0 Å². The quantitative estimate of drug-likeness (QED) is 0.503. The molecule has 0 aliphatic carbocycles. The maximum Gasteiger partial charge on any atom is 0.149 e. The number of rotatable bonds is 5. The molecule has 5 heteroatoms. The Labute approximate surface area is 127 Å². The molecule has 0 aromatic carbocycles. The molecule has 0 radical (unpaired) electrons. The van der Waals surface area contributed by atoms with E-state index < -0.39 is 0 Å². The molecule has 0 atom stereocenters. The molecule has 0 unspecified atom stereocenters. The fourth-order valence-corrected chi connectivity index (χ4v) is 2.88. The zero-order valence-electron chi connectivity index (χ0n) is 11.5. The standard InChI is InChI=1S/C15H17N3S2/c1-3-4-5-14(12-6-8-19-10-12)17-18-15(16-2)13-7-9-20-11-13/h4-11H,3H2,1-2H3,(H,16,18)/b5-4+,17-14-. The molecular formula is C15H17N3S2. The summed E-state index contributed by atoms with van der Waals surface area (Å²) >= 11 is 3.32. The number of hydrazone groups is 1. The second-order valence-electron chi connectivity index (χ2n) is 4.02. The van der Waals surface area contributed by atoms with Crippen LogP contribution in [0.4, 0.5) is 0 Å². The third-order valence-electron chi connectivity index (χ3n) is 2.63. The summed E-state index contributed by atoms with van der Waals surface area (Å²) in [5.41, 5.74) is 6.17. The van der Waals surface area contributed by atoms with Crippen LogP contribution < -0.4 is 5.43 Å². The number of hydrogen-bond donors (Lipinski definition) is 1. The van der Waals surface area contributed by atoms with Crippen molar-refractivity contribution < 1.29 is 0 Å². The number of hydrogen-bond acceptors (Lipinski definition) is 4. The van der Waals surface area contributed by atoms with Gasteiger partial charge in [0.2, 0.25) is 0 Å². The van der Waals surface area contributed by atoms with Gasteiger partial charge >= 0.3 is 0 Å². The van der Waals surface area contributed by atoms with Crippen LogP contribution in [-0.2, 0) is 0 Å². The van der Waals surface area contributed by atoms with Crippen LogP contribution in [0, 0.1) is 0 Å². The van der Waals surface area contributed by atoms with Crippen molar-refractivity contribution in [2.75, 3.05) is 7.05 Å². The number of amidine groups is 1. The summed E-state index contributed by atoms with van der Waals surface area (Å²) in [5, 5.41) is 12.7. The highest BCUT2D eigenvalue weighted by Crippen LogP contribution is 2.10. The predicted octanol–water partition coefficient (Wildman–Crippen LogP) is 4.15. The third kappa shape index (κ3) is 3.88. The lowest BCUT2D eigenvalue weighted by Gasteiger charge is -2.04. The summed E-state index contributed by atoms with van der Waals surface area (Å²) in [4.78, 5) is 4.25. The molecule has 0 saturated carbocycles. The molecule has 2 rings (SSSR count). The second-order valence-corrected chi connectivity index (χ2v) is 5.58. The van der Waals surface area contributed by atoms with Gasteiger partial charge in [0, 0.05) is 28.9 Å². The molecule has 0 aliphatic rings. The van der Waals surface area contributed by atoms with Crippen LogP contribution in [0.2, 0.25) is 0 Å². The Bertz CT molecular complexity index is 593. The first-order chi connectivity index (χ1) is 9.85. The van der Waals surface area contributed by atoms with Crippen molar-refractivity contribution in [3.05, 3.63) is 56.9 Å². The van der Waals surface area contributed by atoms with Gasteiger partial charge in [-0.05, 0) is 35.4 Å². The van der Waals surface area contributed by atoms with Gasteiger partial charge in [0.1, 0.15) is 5.84 Å². The zero-order valence-corrected chi connectivity index (χ0v) is 13.2. The predicted molar refractivity (Wildman–Crippen MR) is 90.2 cm³/mol. The van der Waals surface area contributed by atoms with Crippen molar-refractivity contribution in [1.82, 2.24) is 5.43 Å². The van der Waals surface area contributed by atoms with E-state index in [0.29, 0.717) is 0 Å². The van der Waals surface area contributed by atoms with Crippen LogP contribution in [0.1, 0.15) is 24.5 Å². The Kier molecular flexibility index (Phi) is 5.70.